The van der Waals surface area contributed by atoms with Crippen LogP contribution in [0.5, 0.6) is 0 Å². The maximum Gasteiger partial charge on any atom is 0.412 e. The van der Waals surface area contributed by atoms with Crippen LogP contribution in [0.2, 0.25) is 0 Å². The number of anilines is 3. The Morgan fingerprint density at radius 1 is 1.00 bits per heavy atom. The van der Waals surface area contributed by atoms with Gasteiger partial charge < -0.3 is 16.6 Å². The normalized spacial score (nSPS) is 11.1. The minimum absolute atomic E-state index is 0.0133. The first-order valence-electron chi connectivity index (χ1n) is 11.4. The molecule has 0 saturated heterocycles. The topological polar surface area (TPSA) is 149 Å². The summed E-state index contributed by atoms with van der Waals surface area (Å²) in [5.74, 6) is -0.557. The maximum atomic E-state index is 14.3. The summed E-state index contributed by atoms with van der Waals surface area (Å²) in [7, 11) is 0. The number of hydrogen-bond donors (Lipinski definition) is 3. The van der Waals surface area contributed by atoms with E-state index in [4.69, 9.17) is 11.5 Å². The molecule has 0 aliphatic rings. The Labute approximate surface area is 211 Å². The third kappa shape index (κ3) is 4.49. The van der Waals surface area contributed by atoms with E-state index in [1.807, 2.05) is 31.2 Å². The Balaban J connectivity index is 1.57. The second kappa shape index (κ2) is 9.53. The summed E-state index contributed by atoms with van der Waals surface area (Å²) in [5, 5.41) is 14.5. The molecule has 10 nitrogen and oxygen atoms in total. The summed E-state index contributed by atoms with van der Waals surface area (Å²) in [6, 6.07) is 17.3. The molecule has 3 heterocycles. The van der Waals surface area contributed by atoms with E-state index < -0.39 is 6.09 Å². The third-order valence-electron chi connectivity index (χ3n) is 6.03. The standard InChI is InChI=1S/C26H23FN8O2/c1-15-7-2-3-9-17(15)14-34(26(36)37)22-23(28)31-25(32-24(22)29)35-20-11-6-12-30-21(20)19(33-35)13-16-8-4-5-10-18(16)27/h2-12H,13-14H2,1H3,(H,36,37)(H4,28,29,31,32). The number of rotatable bonds is 6. The molecule has 0 unspecified atom stereocenters. The van der Waals surface area contributed by atoms with Crippen molar-refractivity contribution in [3.05, 3.63) is 95.1 Å². The van der Waals surface area contributed by atoms with Gasteiger partial charge in [0.05, 0.1) is 17.8 Å². The molecule has 3 aromatic heterocycles. The lowest BCUT2D eigenvalue weighted by atomic mass is 10.1. The van der Waals surface area contributed by atoms with Crippen LogP contribution in [0.25, 0.3) is 17.0 Å². The Morgan fingerprint density at radius 2 is 1.68 bits per heavy atom. The number of benzene rings is 2. The maximum absolute atomic E-state index is 14.3. The van der Waals surface area contributed by atoms with Crippen LogP contribution in [0, 0.1) is 12.7 Å². The van der Waals surface area contributed by atoms with Gasteiger partial charge in [-0.1, -0.05) is 42.5 Å². The number of carbonyl (C=O) groups is 1. The number of nitrogens with two attached hydrogens (primary N) is 2. The second-order valence-corrected chi connectivity index (χ2v) is 8.44. The summed E-state index contributed by atoms with van der Waals surface area (Å²) in [6.07, 6.45) is 0.556. The molecule has 0 aliphatic carbocycles. The number of nitrogen functional groups attached to an aromatic ring is 2. The molecule has 0 saturated carbocycles. The molecule has 0 fully saturated rings. The van der Waals surface area contributed by atoms with E-state index in [1.165, 1.54) is 10.7 Å². The summed E-state index contributed by atoms with van der Waals surface area (Å²) in [6.45, 7) is 1.90. The van der Waals surface area contributed by atoms with Crippen LogP contribution in [0.4, 0.5) is 26.5 Å². The Kier molecular flexibility index (Phi) is 6.10. The summed E-state index contributed by atoms with van der Waals surface area (Å²) in [4.78, 5) is 26.3. The minimum atomic E-state index is -1.25. The highest BCUT2D eigenvalue weighted by Crippen LogP contribution is 2.31. The van der Waals surface area contributed by atoms with Crippen LogP contribution >= 0.6 is 0 Å². The average Bonchev–Trinajstić information content (AvgIpc) is 3.24. The van der Waals surface area contributed by atoms with Crippen molar-refractivity contribution in [2.45, 2.75) is 19.9 Å². The fourth-order valence-corrected chi connectivity index (χ4v) is 4.15. The molecule has 0 bridgehead atoms. The van der Waals surface area contributed by atoms with Crippen molar-refractivity contribution in [3.8, 4) is 5.95 Å². The lowest BCUT2D eigenvalue weighted by molar-refractivity contribution is 0.201. The van der Waals surface area contributed by atoms with Crippen molar-refractivity contribution >= 4 is 34.4 Å². The zero-order chi connectivity index (χ0) is 26.1. The molecule has 5 N–H and O–H groups in total. The summed E-state index contributed by atoms with van der Waals surface area (Å²) >= 11 is 0. The zero-order valence-corrected chi connectivity index (χ0v) is 19.8. The first kappa shape index (κ1) is 23.7. The number of hydrogen-bond acceptors (Lipinski definition) is 7. The summed E-state index contributed by atoms with van der Waals surface area (Å²) < 4.78 is 15.7. The molecular formula is C26H23FN8O2. The van der Waals surface area contributed by atoms with Crippen LogP contribution in [-0.4, -0.2) is 35.9 Å². The van der Waals surface area contributed by atoms with Gasteiger partial charge in [0.15, 0.2) is 11.6 Å². The summed E-state index contributed by atoms with van der Waals surface area (Å²) in [5.41, 5.74) is 16.3. The van der Waals surface area contributed by atoms with Crippen LogP contribution in [0.15, 0.2) is 66.9 Å². The second-order valence-electron chi connectivity index (χ2n) is 8.44. The van der Waals surface area contributed by atoms with E-state index in [-0.39, 0.29) is 42.1 Å². The van der Waals surface area contributed by atoms with E-state index in [0.29, 0.717) is 22.3 Å². The van der Waals surface area contributed by atoms with Crippen molar-refractivity contribution in [3.63, 3.8) is 0 Å². The van der Waals surface area contributed by atoms with Crippen molar-refractivity contribution in [1.29, 1.82) is 0 Å². The van der Waals surface area contributed by atoms with Crippen molar-refractivity contribution in [2.75, 3.05) is 16.4 Å². The highest BCUT2D eigenvalue weighted by molar-refractivity contribution is 5.94. The number of carboxylic acid groups (broad SMARTS) is 1. The van der Waals surface area contributed by atoms with Crippen LogP contribution in [-0.2, 0) is 13.0 Å². The highest BCUT2D eigenvalue weighted by Gasteiger charge is 2.25. The van der Waals surface area contributed by atoms with Gasteiger partial charge in [0.25, 0.3) is 5.95 Å². The lowest BCUT2D eigenvalue weighted by Crippen LogP contribution is -2.31. The van der Waals surface area contributed by atoms with E-state index in [9.17, 15) is 14.3 Å². The van der Waals surface area contributed by atoms with Gasteiger partial charge >= 0.3 is 6.09 Å². The number of amides is 1. The predicted octanol–water partition coefficient (Wildman–Crippen LogP) is 4.10. The molecule has 11 heteroatoms. The van der Waals surface area contributed by atoms with Gasteiger partial charge in [0.1, 0.15) is 17.0 Å². The molecule has 0 spiro atoms. The molecule has 2 aromatic carbocycles. The van der Waals surface area contributed by atoms with Gasteiger partial charge in [-0.05, 0) is 41.8 Å². The molecule has 37 heavy (non-hydrogen) atoms. The number of aryl methyl sites for hydroxylation is 1. The number of nitrogens with zero attached hydrogens (tertiary/aromatic N) is 6. The lowest BCUT2D eigenvalue weighted by Gasteiger charge is -2.22. The number of pyridine rings is 1. The molecule has 186 valence electrons. The van der Waals surface area contributed by atoms with Gasteiger partial charge in [-0.2, -0.15) is 19.7 Å². The van der Waals surface area contributed by atoms with Crippen LogP contribution in [0.3, 0.4) is 0 Å². The SMILES string of the molecule is Cc1ccccc1CN(C(=O)O)c1c(N)nc(-n2nc(Cc3ccccc3F)c3ncccc32)nc1N. The quantitative estimate of drug-likeness (QED) is 0.317. The molecule has 0 radical (unpaired) electrons. The first-order valence-corrected chi connectivity index (χ1v) is 11.4. The third-order valence-corrected chi connectivity index (χ3v) is 6.03. The number of aromatic nitrogens is 5. The largest absolute Gasteiger partial charge is 0.465 e. The fraction of sp³-hybridized carbons (Fsp3) is 0.115. The first-order chi connectivity index (χ1) is 17.8. The minimum Gasteiger partial charge on any atom is -0.465 e. The Bertz CT molecular complexity index is 1610. The highest BCUT2D eigenvalue weighted by atomic mass is 19.1. The van der Waals surface area contributed by atoms with Crippen molar-refractivity contribution in [2.24, 2.45) is 0 Å². The van der Waals surface area contributed by atoms with Gasteiger partial charge in [0.2, 0.25) is 0 Å². The van der Waals surface area contributed by atoms with Crippen molar-refractivity contribution in [1.82, 2.24) is 24.7 Å². The van der Waals surface area contributed by atoms with E-state index in [2.05, 4.69) is 20.1 Å². The molecule has 5 aromatic rings. The Hall–Kier alpha value is -5.06. The molecule has 1 amide bonds. The van der Waals surface area contributed by atoms with Gasteiger partial charge in [-0.15, -0.1) is 0 Å². The molecule has 5 rings (SSSR count). The smallest absolute Gasteiger partial charge is 0.412 e. The van der Waals surface area contributed by atoms with Crippen LogP contribution < -0.4 is 16.4 Å². The van der Waals surface area contributed by atoms with Crippen molar-refractivity contribution < 1.29 is 14.3 Å². The van der Waals surface area contributed by atoms with E-state index >= 15 is 0 Å². The average molecular weight is 499 g/mol. The van der Waals surface area contributed by atoms with Gasteiger partial charge in [-0.25, -0.2) is 9.18 Å². The monoisotopic (exact) mass is 498 g/mol. The Morgan fingerprint density at radius 3 is 2.35 bits per heavy atom. The zero-order valence-electron chi connectivity index (χ0n) is 19.8. The van der Waals surface area contributed by atoms with Gasteiger partial charge in [0, 0.05) is 12.6 Å². The van der Waals surface area contributed by atoms with E-state index in [1.54, 1.807) is 36.5 Å². The number of fused-ring (bicyclic) bond motifs is 1. The molecule has 0 atom stereocenters. The van der Waals surface area contributed by atoms with Gasteiger partial charge in [-0.3, -0.25) is 9.88 Å². The predicted molar refractivity (Wildman–Crippen MR) is 138 cm³/mol. The van der Waals surface area contributed by atoms with Crippen LogP contribution in [0.1, 0.15) is 22.4 Å². The fourth-order valence-electron chi connectivity index (χ4n) is 4.15. The number of halogens is 1. The van der Waals surface area contributed by atoms with E-state index in [0.717, 1.165) is 16.0 Å². The molecular weight excluding hydrogens is 475 g/mol. The molecule has 0 aliphatic heterocycles.